The van der Waals surface area contributed by atoms with Gasteiger partial charge < -0.3 is 25.0 Å². The van der Waals surface area contributed by atoms with Gasteiger partial charge in [-0.25, -0.2) is 0 Å². The van der Waals surface area contributed by atoms with Crippen molar-refractivity contribution < 1.29 is 14.3 Å². The Morgan fingerprint density at radius 1 is 1.07 bits per heavy atom. The fourth-order valence-corrected chi connectivity index (χ4v) is 3.50. The minimum Gasteiger partial charge on any atom is -0.497 e. The van der Waals surface area contributed by atoms with Crippen LogP contribution in [0.4, 0.5) is 17.1 Å². The van der Waals surface area contributed by atoms with Crippen molar-refractivity contribution in [3.05, 3.63) is 42.5 Å². The van der Waals surface area contributed by atoms with E-state index in [1.54, 1.807) is 32.4 Å². The summed E-state index contributed by atoms with van der Waals surface area (Å²) in [4.78, 5) is 15.1. The molecule has 0 aromatic heterocycles. The predicted molar refractivity (Wildman–Crippen MR) is 118 cm³/mol. The van der Waals surface area contributed by atoms with Gasteiger partial charge in [-0.2, -0.15) is 0 Å². The van der Waals surface area contributed by atoms with Gasteiger partial charge in [0.1, 0.15) is 17.5 Å². The summed E-state index contributed by atoms with van der Waals surface area (Å²) in [5.41, 5.74) is 2.74. The van der Waals surface area contributed by atoms with Crippen LogP contribution in [-0.2, 0) is 4.79 Å². The third-order valence-corrected chi connectivity index (χ3v) is 5.46. The van der Waals surface area contributed by atoms with E-state index in [1.807, 2.05) is 19.1 Å². The van der Waals surface area contributed by atoms with Crippen LogP contribution in [0.5, 0.6) is 11.5 Å². The van der Waals surface area contributed by atoms with Gasteiger partial charge in [0, 0.05) is 30.5 Å². The van der Waals surface area contributed by atoms with Gasteiger partial charge in [0.25, 0.3) is 0 Å². The second-order valence-electron chi connectivity index (χ2n) is 7.64. The fourth-order valence-electron chi connectivity index (χ4n) is 3.50. The number of ether oxygens (including phenoxy) is 2. The molecule has 0 unspecified atom stereocenters. The third-order valence-electron chi connectivity index (χ3n) is 5.46. The highest BCUT2D eigenvalue weighted by molar-refractivity contribution is 5.97. The molecule has 0 aliphatic carbocycles. The maximum Gasteiger partial charge on any atom is 0.246 e. The summed E-state index contributed by atoms with van der Waals surface area (Å²) in [6.07, 6.45) is 2.48. The number of hydrogen-bond donors (Lipinski definition) is 2. The Labute approximate surface area is 173 Å². The monoisotopic (exact) mass is 397 g/mol. The fraction of sp³-hybridized carbons (Fsp3) is 0.435. The van der Waals surface area contributed by atoms with Crippen molar-refractivity contribution in [3.63, 3.8) is 0 Å². The number of amides is 1. The molecule has 1 aliphatic heterocycles. The van der Waals surface area contributed by atoms with Crippen molar-refractivity contribution in [2.45, 2.75) is 32.7 Å². The third kappa shape index (κ3) is 5.34. The first-order valence-corrected chi connectivity index (χ1v) is 10.1. The number of hydrogen-bond acceptors (Lipinski definition) is 5. The molecule has 29 heavy (non-hydrogen) atoms. The number of rotatable bonds is 7. The zero-order chi connectivity index (χ0) is 20.8. The molecular formula is C23H31N3O3. The summed E-state index contributed by atoms with van der Waals surface area (Å²) in [6.45, 7) is 6.37. The molecule has 1 aliphatic rings. The summed E-state index contributed by atoms with van der Waals surface area (Å²) in [7, 11) is 3.16. The van der Waals surface area contributed by atoms with Crippen LogP contribution in [0.1, 0.15) is 26.7 Å². The molecule has 2 aromatic carbocycles. The van der Waals surface area contributed by atoms with Crippen molar-refractivity contribution in [2.24, 2.45) is 5.92 Å². The van der Waals surface area contributed by atoms with Gasteiger partial charge in [-0.3, -0.25) is 4.79 Å². The topological polar surface area (TPSA) is 62.8 Å². The first-order valence-electron chi connectivity index (χ1n) is 10.1. The molecule has 0 spiro atoms. The second-order valence-corrected chi connectivity index (χ2v) is 7.64. The molecule has 1 fully saturated rings. The lowest BCUT2D eigenvalue weighted by Gasteiger charge is -2.32. The van der Waals surface area contributed by atoms with Crippen molar-refractivity contribution >= 4 is 23.0 Å². The molecule has 1 heterocycles. The first-order chi connectivity index (χ1) is 14.0. The average molecular weight is 398 g/mol. The molecule has 2 N–H and O–H groups in total. The van der Waals surface area contributed by atoms with Crippen LogP contribution >= 0.6 is 0 Å². The van der Waals surface area contributed by atoms with E-state index in [1.165, 1.54) is 18.5 Å². The van der Waals surface area contributed by atoms with Gasteiger partial charge in [0.15, 0.2) is 0 Å². The zero-order valence-corrected chi connectivity index (χ0v) is 17.7. The van der Waals surface area contributed by atoms with E-state index >= 15 is 0 Å². The molecule has 0 saturated carbocycles. The number of carbonyl (C=O) groups is 1. The lowest BCUT2D eigenvalue weighted by molar-refractivity contribution is -0.116. The van der Waals surface area contributed by atoms with Crippen LogP contribution in [0, 0.1) is 5.92 Å². The van der Waals surface area contributed by atoms with Crippen LogP contribution in [0.25, 0.3) is 0 Å². The quantitative estimate of drug-likeness (QED) is 0.726. The van der Waals surface area contributed by atoms with E-state index in [4.69, 9.17) is 9.47 Å². The smallest absolute Gasteiger partial charge is 0.246 e. The second kappa shape index (κ2) is 9.54. The van der Waals surface area contributed by atoms with E-state index < -0.39 is 6.04 Å². The summed E-state index contributed by atoms with van der Waals surface area (Å²) in [6, 6.07) is 13.2. The number of anilines is 3. The van der Waals surface area contributed by atoms with Crippen molar-refractivity contribution in [1.82, 2.24) is 0 Å². The SMILES string of the molecule is COc1ccc(OC)c(NC(=O)[C@@H](C)Nc2ccc(N3CCC(C)CC3)cc2)c1. The summed E-state index contributed by atoms with van der Waals surface area (Å²) in [5.74, 6) is 1.91. The van der Waals surface area contributed by atoms with Crippen LogP contribution in [0.2, 0.25) is 0 Å². The minimum absolute atomic E-state index is 0.148. The summed E-state index contributed by atoms with van der Waals surface area (Å²) >= 11 is 0. The Hall–Kier alpha value is -2.89. The van der Waals surface area contributed by atoms with E-state index in [2.05, 4.69) is 34.6 Å². The van der Waals surface area contributed by atoms with E-state index in [0.717, 1.165) is 24.7 Å². The molecule has 156 valence electrons. The molecule has 3 rings (SSSR count). The number of carbonyl (C=O) groups excluding carboxylic acids is 1. The number of methoxy groups -OCH3 is 2. The van der Waals surface area contributed by atoms with Gasteiger partial charge in [-0.1, -0.05) is 6.92 Å². The summed E-state index contributed by atoms with van der Waals surface area (Å²) in [5, 5.41) is 6.17. The van der Waals surface area contributed by atoms with Gasteiger partial charge in [-0.05, 0) is 62.1 Å². The van der Waals surface area contributed by atoms with Crippen LogP contribution in [-0.4, -0.2) is 39.3 Å². The number of nitrogens with zero attached hydrogens (tertiary/aromatic N) is 1. The van der Waals surface area contributed by atoms with Crippen LogP contribution in [0.15, 0.2) is 42.5 Å². The molecule has 2 aromatic rings. The Bertz CT molecular complexity index is 815. The average Bonchev–Trinajstić information content (AvgIpc) is 2.74. The van der Waals surface area contributed by atoms with E-state index in [-0.39, 0.29) is 5.91 Å². The zero-order valence-electron chi connectivity index (χ0n) is 17.7. The molecule has 6 nitrogen and oxygen atoms in total. The molecule has 0 bridgehead atoms. The Balaban J connectivity index is 1.60. The largest absolute Gasteiger partial charge is 0.497 e. The van der Waals surface area contributed by atoms with Crippen molar-refractivity contribution in [2.75, 3.05) is 42.8 Å². The first kappa shape index (κ1) is 20.8. The number of piperidine rings is 1. The van der Waals surface area contributed by atoms with Gasteiger partial charge in [0.2, 0.25) is 5.91 Å². The van der Waals surface area contributed by atoms with Gasteiger partial charge >= 0.3 is 0 Å². The van der Waals surface area contributed by atoms with Gasteiger partial charge in [0.05, 0.1) is 19.9 Å². The Morgan fingerprint density at radius 2 is 1.76 bits per heavy atom. The number of benzene rings is 2. The molecule has 1 amide bonds. The maximum absolute atomic E-state index is 12.7. The lowest BCUT2D eigenvalue weighted by Crippen LogP contribution is -2.33. The standard InChI is InChI=1S/C23H31N3O3/c1-16-11-13-26(14-12-16)19-7-5-18(6-8-19)24-17(2)23(27)25-21-15-20(28-3)9-10-22(21)29-4/h5-10,15-17,24H,11-14H2,1-4H3,(H,25,27)/t17-/m1/s1. The van der Waals surface area contributed by atoms with Crippen molar-refractivity contribution in [3.8, 4) is 11.5 Å². The molecule has 6 heteroatoms. The van der Waals surface area contributed by atoms with E-state index in [0.29, 0.717) is 17.2 Å². The number of nitrogens with one attached hydrogen (secondary N) is 2. The predicted octanol–water partition coefficient (Wildman–Crippen LogP) is 4.38. The van der Waals surface area contributed by atoms with Crippen LogP contribution < -0.4 is 25.0 Å². The van der Waals surface area contributed by atoms with E-state index in [9.17, 15) is 4.79 Å². The Morgan fingerprint density at radius 3 is 2.38 bits per heavy atom. The molecule has 1 atom stereocenters. The minimum atomic E-state index is -0.410. The molecule has 0 radical (unpaired) electrons. The highest BCUT2D eigenvalue weighted by atomic mass is 16.5. The Kier molecular flexibility index (Phi) is 6.86. The molecular weight excluding hydrogens is 366 g/mol. The van der Waals surface area contributed by atoms with Gasteiger partial charge in [-0.15, -0.1) is 0 Å². The molecule has 1 saturated heterocycles. The highest BCUT2D eigenvalue weighted by Gasteiger charge is 2.17. The summed E-state index contributed by atoms with van der Waals surface area (Å²) < 4.78 is 10.6. The maximum atomic E-state index is 12.7. The highest BCUT2D eigenvalue weighted by Crippen LogP contribution is 2.29. The normalized spacial score (nSPS) is 15.5. The lowest BCUT2D eigenvalue weighted by atomic mass is 9.99. The van der Waals surface area contributed by atoms with Crippen LogP contribution in [0.3, 0.4) is 0 Å². The van der Waals surface area contributed by atoms with Crippen molar-refractivity contribution in [1.29, 1.82) is 0 Å².